The Bertz CT molecular complexity index is 1320. The molecule has 1 amide bonds. The van der Waals surface area contributed by atoms with E-state index in [2.05, 4.69) is 0 Å². The average molecular weight is 462 g/mol. The molecule has 162 valence electrons. The second-order valence-electron chi connectivity index (χ2n) is 7.83. The average Bonchev–Trinajstić information content (AvgIpc) is 3.46. The number of para-hydroxylation sites is 1. The van der Waals surface area contributed by atoms with E-state index in [9.17, 15) is 9.59 Å². The molecular formula is C25H23N3O2S2. The summed E-state index contributed by atoms with van der Waals surface area (Å²) in [5, 5.41) is 1.19. The van der Waals surface area contributed by atoms with Crippen molar-refractivity contribution in [1.82, 2.24) is 14.5 Å². The number of benzene rings is 2. The first-order valence-corrected chi connectivity index (χ1v) is 12.5. The van der Waals surface area contributed by atoms with Gasteiger partial charge in [0, 0.05) is 23.5 Å². The standard InChI is InChI=1S/C25H23N3O2S2/c1-17-21(18-10-4-2-5-11-18)22-23(32-17)26-25(31-16-20(29)27-14-8-9-15-27)28(24(22)30)19-12-6-3-7-13-19/h2-7,10-13H,8-9,14-16H2,1H3. The first-order valence-electron chi connectivity index (χ1n) is 10.7. The number of fused-ring (bicyclic) bond motifs is 1. The summed E-state index contributed by atoms with van der Waals surface area (Å²) < 4.78 is 1.66. The molecule has 3 heterocycles. The summed E-state index contributed by atoms with van der Waals surface area (Å²) in [7, 11) is 0. The summed E-state index contributed by atoms with van der Waals surface area (Å²) in [4.78, 5) is 35.1. The monoisotopic (exact) mass is 461 g/mol. The van der Waals surface area contributed by atoms with Crippen LogP contribution in [0.25, 0.3) is 27.0 Å². The van der Waals surface area contributed by atoms with Gasteiger partial charge in [0.05, 0.1) is 16.8 Å². The second kappa shape index (κ2) is 8.92. The van der Waals surface area contributed by atoms with Crippen LogP contribution in [-0.2, 0) is 4.79 Å². The van der Waals surface area contributed by atoms with Gasteiger partial charge in [0.15, 0.2) is 5.16 Å². The molecule has 1 aliphatic heterocycles. The van der Waals surface area contributed by atoms with E-state index in [1.54, 1.807) is 4.57 Å². The fraction of sp³-hybridized carbons (Fsp3) is 0.240. The number of carbonyl (C=O) groups excluding carboxylic acids is 1. The third-order valence-electron chi connectivity index (χ3n) is 5.73. The van der Waals surface area contributed by atoms with Gasteiger partial charge < -0.3 is 4.90 Å². The molecule has 0 aliphatic carbocycles. The summed E-state index contributed by atoms with van der Waals surface area (Å²) in [5.41, 5.74) is 2.61. The molecule has 0 bridgehead atoms. The Balaban J connectivity index is 1.65. The first-order chi connectivity index (χ1) is 15.6. The van der Waals surface area contributed by atoms with Gasteiger partial charge >= 0.3 is 0 Å². The van der Waals surface area contributed by atoms with E-state index in [-0.39, 0.29) is 17.2 Å². The van der Waals surface area contributed by atoms with Gasteiger partial charge in [0.1, 0.15) is 4.83 Å². The number of nitrogens with zero attached hydrogens (tertiary/aromatic N) is 3. The van der Waals surface area contributed by atoms with Gasteiger partial charge in [-0.15, -0.1) is 11.3 Å². The SMILES string of the molecule is Cc1sc2nc(SCC(=O)N3CCCC3)n(-c3ccccc3)c(=O)c2c1-c1ccccc1. The normalized spacial score (nSPS) is 13.7. The maximum atomic E-state index is 13.9. The summed E-state index contributed by atoms with van der Waals surface area (Å²) in [6.45, 7) is 3.68. The molecular weight excluding hydrogens is 438 g/mol. The lowest BCUT2D eigenvalue weighted by molar-refractivity contribution is -0.127. The number of carbonyl (C=O) groups is 1. The maximum absolute atomic E-state index is 13.9. The number of hydrogen-bond acceptors (Lipinski definition) is 5. The molecule has 1 saturated heterocycles. The Labute approximate surface area is 194 Å². The van der Waals surface area contributed by atoms with Crippen molar-refractivity contribution in [2.45, 2.75) is 24.9 Å². The van der Waals surface area contributed by atoms with Gasteiger partial charge in [-0.1, -0.05) is 60.3 Å². The minimum Gasteiger partial charge on any atom is -0.342 e. The fourth-order valence-electron chi connectivity index (χ4n) is 4.18. The summed E-state index contributed by atoms with van der Waals surface area (Å²) in [6, 6.07) is 19.5. The van der Waals surface area contributed by atoms with E-state index in [0.717, 1.165) is 52.5 Å². The summed E-state index contributed by atoms with van der Waals surface area (Å²) in [5.74, 6) is 0.384. The first kappa shape index (κ1) is 21.0. The van der Waals surface area contributed by atoms with Crippen molar-refractivity contribution in [3.05, 3.63) is 75.9 Å². The van der Waals surface area contributed by atoms with Crippen molar-refractivity contribution in [1.29, 1.82) is 0 Å². The number of thiophene rings is 1. The molecule has 1 fully saturated rings. The Morgan fingerprint density at radius 1 is 1.03 bits per heavy atom. The van der Waals surface area contributed by atoms with Crippen LogP contribution in [0.5, 0.6) is 0 Å². The number of rotatable bonds is 5. The molecule has 7 heteroatoms. The molecule has 2 aromatic heterocycles. The van der Waals surface area contributed by atoms with E-state index < -0.39 is 0 Å². The van der Waals surface area contributed by atoms with Crippen molar-refractivity contribution in [3.63, 3.8) is 0 Å². The van der Waals surface area contributed by atoms with E-state index in [0.29, 0.717) is 10.5 Å². The highest BCUT2D eigenvalue weighted by Crippen LogP contribution is 2.37. The molecule has 0 N–H and O–H groups in total. The van der Waals surface area contributed by atoms with Crippen molar-refractivity contribution in [3.8, 4) is 16.8 Å². The Kier molecular flexibility index (Phi) is 5.85. The van der Waals surface area contributed by atoms with Gasteiger partial charge in [-0.05, 0) is 37.5 Å². The van der Waals surface area contributed by atoms with Crippen LogP contribution in [0.1, 0.15) is 17.7 Å². The third-order valence-corrected chi connectivity index (χ3v) is 7.65. The number of thioether (sulfide) groups is 1. The molecule has 0 atom stereocenters. The lowest BCUT2D eigenvalue weighted by Gasteiger charge is -2.16. The molecule has 5 nitrogen and oxygen atoms in total. The summed E-state index contributed by atoms with van der Waals surface area (Å²) >= 11 is 2.88. The van der Waals surface area contributed by atoms with Crippen LogP contribution in [0.15, 0.2) is 70.6 Å². The van der Waals surface area contributed by atoms with Crippen molar-refractivity contribution < 1.29 is 4.79 Å². The minimum atomic E-state index is -0.0967. The molecule has 32 heavy (non-hydrogen) atoms. The van der Waals surface area contributed by atoms with Crippen LogP contribution in [-0.4, -0.2) is 39.2 Å². The molecule has 5 rings (SSSR count). The highest BCUT2D eigenvalue weighted by atomic mass is 32.2. The van der Waals surface area contributed by atoms with Crippen molar-refractivity contribution in [2.75, 3.05) is 18.8 Å². The Morgan fingerprint density at radius 3 is 2.38 bits per heavy atom. The molecule has 0 saturated carbocycles. The molecule has 0 unspecified atom stereocenters. The Hall–Kier alpha value is -2.90. The lowest BCUT2D eigenvalue weighted by atomic mass is 10.0. The predicted octanol–water partition coefficient (Wildman–Crippen LogP) is 5.14. The predicted molar refractivity (Wildman–Crippen MR) is 132 cm³/mol. The lowest BCUT2D eigenvalue weighted by Crippen LogP contribution is -2.29. The number of hydrogen-bond donors (Lipinski definition) is 0. The van der Waals surface area contributed by atoms with Crippen LogP contribution in [0.4, 0.5) is 0 Å². The highest BCUT2D eigenvalue weighted by molar-refractivity contribution is 7.99. The van der Waals surface area contributed by atoms with Gasteiger partial charge in [-0.25, -0.2) is 4.98 Å². The highest BCUT2D eigenvalue weighted by Gasteiger charge is 2.23. The smallest absolute Gasteiger partial charge is 0.268 e. The number of aromatic nitrogens is 2. The van der Waals surface area contributed by atoms with E-state index >= 15 is 0 Å². The summed E-state index contributed by atoms with van der Waals surface area (Å²) in [6.07, 6.45) is 2.12. The zero-order valence-electron chi connectivity index (χ0n) is 17.8. The van der Waals surface area contributed by atoms with Crippen molar-refractivity contribution in [2.24, 2.45) is 0 Å². The zero-order chi connectivity index (χ0) is 22.1. The topological polar surface area (TPSA) is 55.2 Å². The van der Waals surface area contributed by atoms with Crippen LogP contribution in [0, 0.1) is 6.92 Å². The second-order valence-corrected chi connectivity index (χ2v) is 9.97. The molecule has 0 radical (unpaired) electrons. The van der Waals surface area contributed by atoms with E-state index in [4.69, 9.17) is 4.98 Å². The van der Waals surface area contributed by atoms with Gasteiger partial charge in [-0.3, -0.25) is 14.2 Å². The minimum absolute atomic E-state index is 0.0967. The van der Waals surface area contributed by atoms with Gasteiger partial charge in [0.2, 0.25) is 5.91 Å². The van der Waals surface area contributed by atoms with Crippen LogP contribution >= 0.6 is 23.1 Å². The number of amides is 1. The van der Waals surface area contributed by atoms with E-state index in [1.165, 1.54) is 23.1 Å². The van der Waals surface area contributed by atoms with Crippen LogP contribution in [0.3, 0.4) is 0 Å². The number of likely N-dealkylation sites (tertiary alicyclic amines) is 1. The quantitative estimate of drug-likeness (QED) is 0.305. The van der Waals surface area contributed by atoms with Gasteiger partial charge in [0.25, 0.3) is 5.56 Å². The Morgan fingerprint density at radius 2 is 1.69 bits per heavy atom. The zero-order valence-corrected chi connectivity index (χ0v) is 19.4. The molecule has 2 aromatic carbocycles. The van der Waals surface area contributed by atoms with E-state index in [1.807, 2.05) is 72.5 Å². The fourth-order valence-corrected chi connectivity index (χ4v) is 6.18. The largest absolute Gasteiger partial charge is 0.342 e. The van der Waals surface area contributed by atoms with Crippen LogP contribution < -0.4 is 5.56 Å². The van der Waals surface area contributed by atoms with Gasteiger partial charge in [-0.2, -0.15) is 0 Å². The molecule has 0 spiro atoms. The van der Waals surface area contributed by atoms with Crippen LogP contribution in [0.2, 0.25) is 0 Å². The molecule has 4 aromatic rings. The van der Waals surface area contributed by atoms with Crippen molar-refractivity contribution >= 4 is 39.2 Å². The molecule has 1 aliphatic rings. The third kappa shape index (κ3) is 3.87. The maximum Gasteiger partial charge on any atom is 0.268 e. The number of aryl methyl sites for hydroxylation is 1.